The molecule has 1 aromatic heterocycles. The van der Waals surface area contributed by atoms with Gasteiger partial charge in [-0.2, -0.15) is 0 Å². The Kier molecular flexibility index (Phi) is 2.58. The average Bonchev–Trinajstić information content (AvgIpc) is 2.34. The van der Waals surface area contributed by atoms with Gasteiger partial charge < -0.3 is 4.84 Å². The molecule has 1 aromatic rings. The summed E-state index contributed by atoms with van der Waals surface area (Å²) in [4.78, 5) is 15.9. The van der Waals surface area contributed by atoms with E-state index >= 15 is 0 Å². The van der Waals surface area contributed by atoms with Crippen molar-refractivity contribution in [2.24, 2.45) is 0 Å². The molecule has 11 heavy (non-hydrogen) atoms. The zero-order valence-corrected chi connectivity index (χ0v) is 7.14. The normalized spacial score (nSPS) is 10.0. The number of aromatic nitrogens is 3. The van der Waals surface area contributed by atoms with Gasteiger partial charge in [0, 0.05) is 0 Å². The maximum absolute atomic E-state index is 10.9. The van der Waals surface area contributed by atoms with Crippen molar-refractivity contribution in [2.75, 3.05) is 12.9 Å². The van der Waals surface area contributed by atoms with Crippen molar-refractivity contribution in [3.05, 3.63) is 10.5 Å². The third kappa shape index (κ3) is 1.56. The molecule has 0 radical (unpaired) electrons. The minimum Gasteiger partial charge on any atom is -0.407 e. The highest BCUT2D eigenvalue weighted by Gasteiger charge is 2.05. The van der Waals surface area contributed by atoms with Gasteiger partial charge in [0.2, 0.25) is 5.16 Å². The van der Waals surface area contributed by atoms with Gasteiger partial charge in [0.25, 0.3) is 0 Å². The summed E-state index contributed by atoms with van der Waals surface area (Å²) in [5, 5.41) is 6.54. The molecule has 6 heteroatoms. The Morgan fingerprint density at radius 3 is 3.09 bits per heavy atom. The largest absolute Gasteiger partial charge is 0.407 e. The smallest absolute Gasteiger partial charge is 0.377 e. The predicted molar refractivity (Wildman–Crippen MR) is 41.7 cm³/mol. The Labute approximate surface area is 67.7 Å². The van der Waals surface area contributed by atoms with E-state index in [9.17, 15) is 4.79 Å². The SMILES string of the molecule is CCOn1c(SC)n[nH]c1=O. The summed E-state index contributed by atoms with van der Waals surface area (Å²) in [6.07, 6.45) is 1.82. The molecule has 0 aromatic carbocycles. The van der Waals surface area contributed by atoms with Gasteiger partial charge in [-0.1, -0.05) is 11.8 Å². The van der Waals surface area contributed by atoms with Crippen LogP contribution in [0.15, 0.2) is 9.95 Å². The second kappa shape index (κ2) is 3.47. The molecule has 0 saturated carbocycles. The molecule has 0 aliphatic carbocycles. The fourth-order valence-electron chi connectivity index (χ4n) is 0.645. The van der Waals surface area contributed by atoms with E-state index in [-0.39, 0.29) is 5.69 Å². The Hall–Kier alpha value is -0.910. The van der Waals surface area contributed by atoms with Crippen LogP contribution in [-0.4, -0.2) is 27.8 Å². The van der Waals surface area contributed by atoms with Gasteiger partial charge in [-0.3, -0.25) is 0 Å². The number of rotatable bonds is 3. The van der Waals surface area contributed by atoms with Crippen LogP contribution in [0.25, 0.3) is 0 Å². The zero-order valence-electron chi connectivity index (χ0n) is 6.33. The molecule has 0 amide bonds. The second-order valence-corrected chi connectivity index (χ2v) is 2.50. The third-order valence-electron chi connectivity index (χ3n) is 1.05. The summed E-state index contributed by atoms with van der Waals surface area (Å²) in [6.45, 7) is 2.26. The third-order valence-corrected chi connectivity index (χ3v) is 1.67. The van der Waals surface area contributed by atoms with E-state index in [1.807, 2.05) is 13.2 Å². The lowest BCUT2D eigenvalue weighted by Gasteiger charge is -2.01. The number of H-pyrrole nitrogens is 1. The van der Waals surface area contributed by atoms with Gasteiger partial charge >= 0.3 is 5.69 Å². The van der Waals surface area contributed by atoms with Gasteiger partial charge in [-0.25, -0.2) is 9.89 Å². The standard InChI is InChI=1S/C5H9N3O2S/c1-3-10-8-4(9)6-7-5(8)11-2/h3H2,1-2H3,(H,6,9). The van der Waals surface area contributed by atoms with E-state index in [0.717, 1.165) is 4.73 Å². The maximum Gasteiger partial charge on any atom is 0.377 e. The number of hydrogen-bond donors (Lipinski definition) is 1. The lowest BCUT2D eigenvalue weighted by molar-refractivity contribution is 0.0941. The van der Waals surface area contributed by atoms with Crippen LogP contribution in [0.4, 0.5) is 0 Å². The number of nitrogens with zero attached hydrogens (tertiary/aromatic N) is 2. The molecular weight excluding hydrogens is 166 g/mol. The Bertz CT molecular complexity index is 280. The first-order valence-electron chi connectivity index (χ1n) is 3.14. The fourth-order valence-corrected chi connectivity index (χ4v) is 1.08. The first-order valence-corrected chi connectivity index (χ1v) is 4.36. The van der Waals surface area contributed by atoms with Crippen LogP contribution in [0.1, 0.15) is 6.92 Å². The lowest BCUT2D eigenvalue weighted by atomic mass is 10.9. The van der Waals surface area contributed by atoms with Crippen LogP contribution in [0.3, 0.4) is 0 Å². The zero-order chi connectivity index (χ0) is 8.27. The van der Waals surface area contributed by atoms with Gasteiger partial charge in [-0.05, 0) is 13.2 Å². The summed E-state index contributed by atoms with van der Waals surface area (Å²) in [6, 6.07) is 0. The molecule has 0 aliphatic rings. The first-order chi connectivity index (χ1) is 5.29. The van der Waals surface area contributed by atoms with Crippen LogP contribution < -0.4 is 10.5 Å². The molecule has 0 spiro atoms. The van der Waals surface area contributed by atoms with E-state index in [1.165, 1.54) is 11.8 Å². The van der Waals surface area contributed by atoms with E-state index < -0.39 is 0 Å². The highest BCUT2D eigenvalue weighted by atomic mass is 32.2. The Balaban J connectivity index is 2.97. The molecular formula is C5H9N3O2S. The fraction of sp³-hybridized carbons (Fsp3) is 0.600. The Morgan fingerprint density at radius 2 is 2.55 bits per heavy atom. The van der Waals surface area contributed by atoms with Crippen LogP contribution in [-0.2, 0) is 0 Å². The van der Waals surface area contributed by atoms with Gasteiger partial charge in [0.15, 0.2) is 0 Å². The van der Waals surface area contributed by atoms with E-state index in [0.29, 0.717) is 11.8 Å². The van der Waals surface area contributed by atoms with Crippen LogP contribution >= 0.6 is 11.8 Å². The van der Waals surface area contributed by atoms with E-state index in [4.69, 9.17) is 4.84 Å². The molecule has 1 rings (SSSR count). The highest BCUT2D eigenvalue weighted by Crippen LogP contribution is 2.05. The molecule has 0 bridgehead atoms. The summed E-state index contributed by atoms with van der Waals surface area (Å²) in [5.41, 5.74) is -0.337. The predicted octanol–water partition coefficient (Wildman–Crippen LogP) is -0.258. The average molecular weight is 175 g/mol. The summed E-state index contributed by atoms with van der Waals surface area (Å²) < 4.78 is 1.14. The van der Waals surface area contributed by atoms with Crippen molar-refractivity contribution >= 4 is 11.8 Å². The van der Waals surface area contributed by atoms with Crippen molar-refractivity contribution in [1.29, 1.82) is 0 Å². The molecule has 0 aliphatic heterocycles. The lowest BCUT2D eigenvalue weighted by Crippen LogP contribution is -2.24. The van der Waals surface area contributed by atoms with Gasteiger partial charge in [0.1, 0.15) is 6.61 Å². The minimum absolute atomic E-state index is 0.337. The molecule has 1 heterocycles. The monoisotopic (exact) mass is 175 g/mol. The topological polar surface area (TPSA) is 59.9 Å². The van der Waals surface area contributed by atoms with Crippen LogP contribution in [0, 0.1) is 0 Å². The van der Waals surface area contributed by atoms with E-state index in [1.54, 1.807) is 0 Å². The Morgan fingerprint density at radius 1 is 1.82 bits per heavy atom. The second-order valence-electron chi connectivity index (χ2n) is 1.73. The molecule has 5 nitrogen and oxygen atoms in total. The van der Waals surface area contributed by atoms with Gasteiger partial charge in [-0.15, -0.1) is 9.83 Å². The van der Waals surface area contributed by atoms with E-state index in [2.05, 4.69) is 10.2 Å². The molecule has 0 atom stereocenters. The number of aromatic amines is 1. The van der Waals surface area contributed by atoms with Gasteiger partial charge in [0.05, 0.1) is 0 Å². The molecule has 0 saturated heterocycles. The number of nitrogens with one attached hydrogen (secondary N) is 1. The maximum atomic E-state index is 10.9. The molecule has 62 valence electrons. The van der Waals surface area contributed by atoms with Crippen molar-refractivity contribution in [2.45, 2.75) is 12.1 Å². The molecule has 1 N–H and O–H groups in total. The first kappa shape index (κ1) is 8.19. The molecule has 0 unspecified atom stereocenters. The minimum atomic E-state index is -0.337. The van der Waals surface area contributed by atoms with Crippen molar-refractivity contribution in [3.63, 3.8) is 0 Å². The van der Waals surface area contributed by atoms with Crippen molar-refractivity contribution in [1.82, 2.24) is 14.9 Å². The van der Waals surface area contributed by atoms with Crippen molar-refractivity contribution in [3.8, 4) is 0 Å². The quantitative estimate of drug-likeness (QED) is 0.643. The highest BCUT2D eigenvalue weighted by molar-refractivity contribution is 7.98. The number of thioether (sulfide) groups is 1. The summed E-state index contributed by atoms with van der Waals surface area (Å²) >= 11 is 1.35. The molecule has 0 fully saturated rings. The number of hydrogen-bond acceptors (Lipinski definition) is 4. The summed E-state index contributed by atoms with van der Waals surface area (Å²) in [5.74, 6) is 0. The van der Waals surface area contributed by atoms with Crippen molar-refractivity contribution < 1.29 is 4.84 Å². The van der Waals surface area contributed by atoms with Crippen LogP contribution in [0.2, 0.25) is 0 Å². The summed E-state index contributed by atoms with van der Waals surface area (Å²) in [7, 11) is 0. The van der Waals surface area contributed by atoms with Crippen LogP contribution in [0.5, 0.6) is 0 Å².